The highest BCUT2D eigenvalue weighted by Gasteiger charge is 2.16. The fraction of sp³-hybridized carbons (Fsp3) is 0.615. The monoisotopic (exact) mass is 299 g/mol. The summed E-state index contributed by atoms with van der Waals surface area (Å²) in [7, 11) is 3.81. The van der Waals surface area contributed by atoms with Gasteiger partial charge in [0, 0.05) is 19.5 Å². The Hall–Kier alpha value is -1.40. The van der Waals surface area contributed by atoms with Gasteiger partial charge in [0.2, 0.25) is 0 Å². The lowest BCUT2D eigenvalue weighted by molar-refractivity contribution is 0.415. The second-order valence-corrected chi connectivity index (χ2v) is 5.14. The number of aryl methyl sites for hydroxylation is 1. The van der Waals surface area contributed by atoms with Crippen molar-refractivity contribution < 1.29 is 4.52 Å². The van der Waals surface area contributed by atoms with Crippen molar-refractivity contribution in [2.24, 2.45) is 7.05 Å². The third kappa shape index (κ3) is 3.58. The standard InChI is InChI=1S/C13H21N5O.ClH/c1-8(2)10-7-11(18(5)16-10)13-15-12(17-19-13)6-9(3)14-4;/h7-9,14H,6H2,1-5H3;1H. The first-order chi connectivity index (χ1) is 9.01. The van der Waals surface area contributed by atoms with Gasteiger partial charge in [-0.15, -0.1) is 12.4 Å². The largest absolute Gasteiger partial charge is 0.332 e. The van der Waals surface area contributed by atoms with E-state index in [0.29, 0.717) is 23.7 Å². The molecule has 1 N–H and O–H groups in total. The van der Waals surface area contributed by atoms with Crippen LogP contribution in [0.25, 0.3) is 11.6 Å². The smallest absolute Gasteiger partial charge is 0.276 e. The minimum Gasteiger partial charge on any atom is -0.332 e. The zero-order valence-electron chi connectivity index (χ0n) is 12.5. The SMILES string of the molecule is CNC(C)Cc1noc(-c2cc(C(C)C)nn2C)n1.Cl. The molecule has 1 atom stereocenters. The molecule has 0 bridgehead atoms. The molecule has 0 saturated heterocycles. The quantitative estimate of drug-likeness (QED) is 0.916. The minimum atomic E-state index is 0. The molecule has 2 aromatic heterocycles. The van der Waals surface area contributed by atoms with Crippen LogP contribution in [0.1, 0.15) is 38.2 Å². The van der Waals surface area contributed by atoms with Gasteiger partial charge < -0.3 is 9.84 Å². The summed E-state index contributed by atoms with van der Waals surface area (Å²) in [6.45, 7) is 6.30. The molecule has 0 spiro atoms. The summed E-state index contributed by atoms with van der Waals surface area (Å²) in [6.07, 6.45) is 0.745. The van der Waals surface area contributed by atoms with Crippen LogP contribution in [0.5, 0.6) is 0 Å². The van der Waals surface area contributed by atoms with Gasteiger partial charge >= 0.3 is 0 Å². The van der Waals surface area contributed by atoms with Gasteiger partial charge in [-0.25, -0.2) is 0 Å². The summed E-state index contributed by atoms with van der Waals surface area (Å²) in [5, 5.41) is 11.6. The van der Waals surface area contributed by atoms with E-state index >= 15 is 0 Å². The average Bonchev–Trinajstić information content (AvgIpc) is 2.95. The number of aromatic nitrogens is 4. The van der Waals surface area contributed by atoms with Gasteiger partial charge in [0.05, 0.1) is 5.69 Å². The van der Waals surface area contributed by atoms with Crippen molar-refractivity contribution >= 4 is 12.4 Å². The van der Waals surface area contributed by atoms with Gasteiger partial charge in [0.25, 0.3) is 5.89 Å². The number of nitrogens with one attached hydrogen (secondary N) is 1. The Labute approximate surface area is 125 Å². The molecule has 0 saturated carbocycles. The summed E-state index contributed by atoms with van der Waals surface area (Å²) in [4.78, 5) is 4.42. The molecule has 7 heteroatoms. The molecule has 0 aliphatic carbocycles. The molecule has 0 aliphatic rings. The van der Waals surface area contributed by atoms with Crippen LogP contribution in [0.3, 0.4) is 0 Å². The van der Waals surface area contributed by atoms with E-state index in [-0.39, 0.29) is 12.4 Å². The topological polar surface area (TPSA) is 68.8 Å². The molecular weight excluding hydrogens is 278 g/mol. The van der Waals surface area contributed by atoms with Crippen LogP contribution < -0.4 is 5.32 Å². The fourth-order valence-electron chi connectivity index (χ4n) is 1.79. The Kier molecular flexibility index (Phi) is 5.71. The van der Waals surface area contributed by atoms with Gasteiger partial charge in [-0.2, -0.15) is 10.1 Å². The predicted octanol–water partition coefficient (Wildman–Crippen LogP) is 2.17. The van der Waals surface area contributed by atoms with Crippen molar-refractivity contribution in [2.45, 2.75) is 39.2 Å². The van der Waals surface area contributed by atoms with Crippen molar-refractivity contribution in [3.63, 3.8) is 0 Å². The third-order valence-electron chi connectivity index (χ3n) is 3.16. The highest BCUT2D eigenvalue weighted by Crippen LogP contribution is 2.22. The molecule has 112 valence electrons. The maximum Gasteiger partial charge on any atom is 0.276 e. The third-order valence-corrected chi connectivity index (χ3v) is 3.16. The number of halogens is 1. The molecule has 0 aromatic carbocycles. The number of likely N-dealkylation sites (N-methyl/N-ethyl adjacent to an activating group) is 1. The molecule has 1 unspecified atom stereocenters. The van der Waals surface area contributed by atoms with Crippen molar-refractivity contribution in [1.29, 1.82) is 0 Å². The Morgan fingerprint density at radius 2 is 2.05 bits per heavy atom. The molecule has 20 heavy (non-hydrogen) atoms. The molecule has 2 heterocycles. The highest BCUT2D eigenvalue weighted by atomic mass is 35.5. The van der Waals surface area contributed by atoms with Crippen molar-refractivity contribution in [3.05, 3.63) is 17.6 Å². The molecule has 6 nitrogen and oxygen atoms in total. The van der Waals surface area contributed by atoms with Crippen LogP contribution in [0.4, 0.5) is 0 Å². The second-order valence-electron chi connectivity index (χ2n) is 5.14. The van der Waals surface area contributed by atoms with E-state index in [2.05, 4.69) is 41.3 Å². The minimum absolute atomic E-state index is 0. The average molecular weight is 300 g/mol. The lowest BCUT2D eigenvalue weighted by Gasteiger charge is -2.04. The Bertz CT molecular complexity index is 549. The number of hydrogen-bond donors (Lipinski definition) is 1. The van der Waals surface area contributed by atoms with Crippen molar-refractivity contribution in [3.8, 4) is 11.6 Å². The van der Waals surface area contributed by atoms with E-state index in [1.54, 1.807) is 4.68 Å². The summed E-state index contributed by atoms with van der Waals surface area (Å²) in [6, 6.07) is 2.33. The Morgan fingerprint density at radius 3 is 2.60 bits per heavy atom. The van der Waals surface area contributed by atoms with Crippen LogP contribution in [0.15, 0.2) is 10.6 Å². The van der Waals surface area contributed by atoms with E-state index in [4.69, 9.17) is 4.52 Å². The first-order valence-corrected chi connectivity index (χ1v) is 6.55. The van der Waals surface area contributed by atoms with Crippen LogP contribution in [-0.2, 0) is 13.5 Å². The number of rotatable bonds is 5. The summed E-state index contributed by atoms with van der Waals surface area (Å²) in [5.41, 5.74) is 1.89. The molecule has 0 amide bonds. The molecule has 2 aromatic rings. The van der Waals surface area contributed by atoms with Gasteiger partial charge in [0.15, 0.2) is 5.82 Å². The summed E-state index contributed by atoms with van der Waals surface area (Å²) >= 11 is 0. The predicted molar refractivity (Wildman–Crippen MR) is 80.1 cm³/mol. The van der Waals surface area contributed by atoms with Gasteiger partial charge in [-0.3, -0.25) is 4.68 Å². The van der Waals surface area contributed by atoms with Crippen LogP contribution in [0, 0.1) is 0 Å². The van der Waals surface area contributed by atoms with Crippen molar-refractivity contribution in [2.75, 3.05) is 7.05 Å². The van der Waals surface area contributed by atoms with E-state index in [0.717, 1.165) is 17.8 Å². The first kappa shape index (κ1) is 16.7. The molecule has 0 fully saturated rings. The maximum absolute atomic E-state index is 5.32. The highest BCUT2D eigenvalue weighted by molar-refractivity contribution is 5.85. The van der Waals surface area contributed by atoms with Gasteiger partial charge in [-0.05, 0) is 26.0 Å². The molecule has 0 radical (unpaired) electrons. The maximum atomic E-state index is 5.32. The summed E-state index contributed by atoms with van der Waals surface area (Å²) in [5.74, 6) is 1.62. The molecule has 0 aliphatic heterocycles. The van der Waals surface area contributed by atoms with E-state index < -0.39 is 0 Å². The molecule has 2 rings (SSSR count). The van der Waals surface area contributed by atoms with E-state index in [9.17, 15) is 0 Å². The Balaban J connectivity index is 0.00000200. The zero-order valence-corrected chi connectivity index (χ0v) is 13.4. The van der Waals surface area contributed by atoms with E-state index in [1.807, 2.05) is 20.2 Å². The first-order valence-electron chi connectivity index (χ1n) is 6.55. The van der Waals surface area contributed by atoms with Gasteiger partial charge in [-0.1, -0.05) is 19.0 Å². The second kappa shape index (κ2) is 6.85. The normalized spacial score (nSPS) is 12.5. The lowest BCUT2D eigenvalue weighted by Crippen LogP contribution is -2.24. The van der Waals surface area contributed by atoms with Gasteiger partial charge in [0.1, 0.15) is 5.69 Å². The lowest BCUT2D eigenvalue weighted by atomic mass is 10.1. The zero-order chi connectivity index (χ0) is 14.0. The van der Waals surface area contributed by atoms with Crippen LogP contribution >= 0.6 is 12.4 Å². The Morgan fingerprint density at radius 1 is 1.35 bits per heavy atom. The number of hydrogen-bond acceptors (Lipinski definition) is 5. The molecular formula is C13H22ClN5O. The number of nitrogens with zero attached hydrogens (tertiary/aromatic N) is 4. The summed E-state index contributed by atoms with van der Waals surface area (Å²) < 4.78 is 7.11. The fourth-order valence-corrected chi connectivity index (χ4v) is 1.79. The van der Waals surface area contributed by atoms with Crippen molar-refractivity contribution in [1.82, 2.24) is 25.2 Å². The van der Waals surface area contributed by atoms with E-state index in [1.165, 1.54) is 0 Å². The van der Waals surface area contributed by atoms with Crippen LogP contribution in [-0.4, -0.2) is 33.0 Å². The van der Waals surface area contributed by atoms with Crippen LogP contribution in [0.2, 0.25) is 0 Å².